The van der Waals surface area contributed by atoms with Gasteiger partial charge in [0.2, 0.25) is 5.91 Å². The van der Waals surface area contributed by atoms with E-state index in [1.54, 1.807) is 52.3 Å². The third-order valence-corrected chi connectivity index (χ3v) is 5.90. The molecule has 12 heteroatoms. The first-order valence-electron chi connectivity index (χ1n) is 10.9. The van der Waals surface area contributed by atoms with Crippen molar-refractivity contribution in [3.8, 4) is 11.4 Å². The maximum atomic E-state index is 12.6. The molecule has 1 atom stereocenters. The molecular weight excluding hydrogens is 474 g/mol. The van der Waals surface area contributed by atoms with Gasteiger partial charge in [-0.15, -0.1) is 5.10 Å². The number of rotatable bonds is 9. The Bertz CT molecular complexity index is 1140. The Kier molecular flexibility index (Phi) is 8.72. The molecule has 0 bridgehead atoms. The van der Waals surface area contributed by atoms with Gasteiger partial charge in [-0.3, -0.25) is 20.1 Å². The van der Waals surface area contributed by atoms with Crippen LogP contribution < -0.4 is 10.6 Å². The highest BCUT2D eigenvalue weighted by Gasteiger charge is 2.34. The SMILES string of the molecule is C=N/C(Cl)=C(\C=C/C)[C@@H](C)OC(=O)Nc1c(-c2ccc(NC(=O)C3CC(OC)C3)cn2)nnn1C. The van der Waals surface area contributed by atoms with E-state index in [0.717, 1.165) is 0 Å². The van der Waals surface area contributed by atoms with Gasteiger partial charge in [0.05, 0.1) is 23.7 Å². The van der Waals surface area contributed by atoms with Gasteiger partial charge >= 0.3 is 6.09 Å². The minimum atomic E-state index is -0.738. The number of hydrogen-bond acceptors (Lipinski definition) is 8. The van der Waals surface area contributed by atoms with Crippen LogP contribution >= 0.6 is 11.6 Å². The monoisotopic (exact) mass is 501 g/mol. The van der Waals surface area contributed by atoms with Crippen LogP contribution in [0.4, 0.5) is 16.3 Å². The number of nitrogens with zero attached hydrogens (tertiary/aromatic N) is 5. The van der Waals surface area contributed by atoms with Crippen LogP contribution in [-0.4, -0.2) is 58.0 Å². The fraction of sp³-hybridized carbons (Fsp3) is 0.391. The average Bonchev–Trinajstić information content (AvgIpc) is 3.16. The van der Waals surface area contributed by atoms with E-state index < -0.39 is 12.2 Å². The van der Waals surface area contributed by atoms with E-state index in [1.807, 2.05) is 0 Å². The number of pyridine rings is 1. The average molecular weight is 502 g/mol. The first kappa shape index (κ1) is 26.0. The molecule has 0 aliphatic heterocycles. The third kappa shape index (κ3) is 6.31. The summed E-state index contributed by atoms with van der Waals surface area (Å²) in [5.41, 5.74) is 1.85. The number of methoxy groups -OCH3 is 1. The van der Waals surface area contributed by atoms with Crippen molar-refractivity contribution in [2.75, 3.05) is 17.7 Å². The summed E-state index contributed by atoms with van der Waals surface area (Å²) in [7, 11) is 3.27. The van der Waals surface area contributed by atoms with Gasteiger partial charge in [0, 0.05) is 25.6 Å². The number of aliphatic imine (C=N–C) groups is 1. The zero-order chi connectivity index (χ0) is 25.5. The number of amides is 2. The number of ether oxygens (including phenoxy) is 2. The number of allylic oxidation sites excluding steroid dienone is 1. The van der Waals surface area contributed by atoms with Gasteiger partial charge in [0.25, 0.3) is 0 Å². The highest BCUT2D eigenvalue weighted by molar-refractivity contribution is 6.30. The molecule has 2 N–H and O–H groups in total. The molecule has 2 amide bonds. The van der Waals surface area contributed by atoms with E-state index in [0.29, 0.717) is 35.5 Å². The molecule has 35 heavy (non-hydrogen) atoms. The molecule has 0 unspecified atom stereocenters. The molecule has 2 aromatic rings. The number of anilines is 2. The predicted molar refractivity (Wildman–Crippen MR) is 133 cm³/mol. The minimum absolute atomic E-state index is 0.0651. The van der Waals surface area contributed by atoms with E-state index in [4.69, 9.17) is 21.1 Å². The summed E-state index contributed by atoms with van der Waals surface area (Å²) in [6.45, 7) is 6.87. The number of carbonyl (C=O) groups is 2. The summed E-state index contributed by atoms with van der Waals surface area (Å²) in [5.74, 6) is 0.157. The summed E-state index contributed by atoms with van der Waals surface area (Å²) in [6.07, 6.45) is 5.10. The van der Waals surface area contributed by atoms with E-state index >= 15 is 0 Å². The van der Waals surface area contributed by atoms with Crippen LogP contribution in [0.25, 0.3) is 11.4 Å². The second kappa shape index (κ2) is 11.7. The highest BCUT2D eigenvalue weighted by atomic mass is 35.5. The molecule has 11 nitrogen and oxygen atoms in total. The largest absolute Gasteiger partial charge is 0.441 e. The van der Waals surface area contributed by atoms with Gasteiger partial charge in [0.1, 0.15) is 11.3 Å². The molecule has 0 radical (unpaired) electrons. The maximum absolute atomic E-state index is 12.6. The number of hydrogen-bond donors (Lipinski definition) is 2. The number of nitrogens with one attached hydrogen (secondary N) is 2. The minimum Gasteiger partial charge on any atom is -0.441 e. The fourth-order valence-electron chi connectivity index (χ4n) is 3.49. The molecule has 2 aromatic heterocycles. The lowest BCUT2D eigenvalue weighted by Crippen LogP contribution is -2.38. The van der Waals surface area contributed by atoms with Crippen molar-refractivity contribution < 1.29 is 19.1 Å². The van der Waals surface area contributed by atoms with Crippen LogP contribution in [0.1, 0.15) is 26.7 Å². The molecular formula is C23H28ClN7O4. The summed E-state index contributed by atoms with van der Waals surface area (Å²) in [6, 6.07) is 3.39. The van der Waals surface area contributed by atoms with Gasteiger partial charge in [-0.2, -0.15) is 0 Å². The molecule has 2 heterocycles. The zero-order valence-electron chi connectivity index (χ0n) is 20.0. The second-order valence-corrected chi connectivity index (χ2v) is 8.29. The van der Waals surface area contributed by atoms with Crippen molar-refractivity contribution in [2.24, 2.45) is 18.0 Å². The van der Waals surface area contributed by atoms with E-state index in [1.165, 1.54) is 10.9 Å². The smallest absolute Gasteiger partial charge is 0.413 e. The molecule has 1 fully saturated rings. The molecule has 186 valence electrons. The van der Waals surface area contributed by atoms with Gasteiger partial charge in [0.15, 0.2) is 11.5 Å². The van der Waals surface area contributed by atoms with Gasteiger partial charge in [-0.1, -0.05) is 29.0 Å². The van der Waals surface area contributed by atoms with Crippen molar-refractivity contribution in [2.45, 2.75) is 38.9 Å². The number of aromatic nitrogens is 4. The number of carbonyl (C=O) groups excluding carboxylic acids is 2. The topological polar surface area (TPSA) is 133 Å². The van der Waals surface area contributed by atoms with Crippen molar-refractivity contribution in [3.63, 3.8) is 0 Å². The van der Waals surface area contributed by atoms with Crippen molar-refractivity contribution in [1.82, 2.24) is 20.0 Å². The first-order chi connectivity index (χ1) is 16.8. The third-order valence-electron chi connectivity index (χ3n) is 5.56. The van der Waals surface area contributed by atoms with Gasteiger partial charge < -0.3 is 14.8 Å². The second-order valence-electron chi connectivity index (χ2n) is 7.93. The first-order valence-corrected chi connectivity index (χ1v) is 11.3. The molecule has 0 spiro atoms. The van der Waals surface area contributed by atoms with Crippen molar-refractivity contribution in [3.05, 3.63) is 41.2 Å². The standard InChI is InChI=1S/C23H28ClN7O4/c1-6-7-17(20(24)25-3)13(2)35-23(33)28-21-19(29-30-31(21)4)18-9-8-15(12-26-18)27-22(32)14-10-16(11-14)34-5/h6-9,12-14,16H,3,10-11H2,1-2,4-5H3,(H,27,32)(H,28,33)/b7-6-,20-17+/t13-,14?,16?/m1/s1. The van der Waals surface area contributed by atoms with Crippen molar-refractivity contribution >= 4 is 41.8 Å². The number of halogens is 1. The zero-order valence-corrected chi connectivity index (χ0v) is 20.7. The molecule has 1 aliphatic rings. The normalized spacial score (nSPS) is 18.9. The lowest BCUT2D eigenvalue weighted by molar-refractivity contribution is -0.127. The highest BCUT2D eigenvalue weighted by Crippen LogP contribution is 2.31. The summed E-state index contributed by atoms with van der Waals surface area (Å²) < 4.78 is 12.1. The Morgan fingerprint density at radius 3 is 2.69 bits per heavy atom. The lowest BCUT2D eigenvalue weighted by Gasteiger charge is -2.32. The Morgan fingerprint density at radius 2 is 2.09 bits per heavy atom. The quantitative estimate of drug-likeness (QED) is 0.302. The summed E-state index contributed by atoms with van der Waals surface area (Å²) in [4.78, 5) is 33.0. The Balaban J connectivity index is 1.67. The molecule has 0 aromatic carbocycles. The predicted octanol–water partition coefficient (Wildman–Crippen LogP) is 3.90. The van der Waals surface area contributed by atoms with Crippen molar-refractivity contribution in [1.29, 1.82) is 0 Å². The van der Waals surface area contributed by atoms with E-state index in [2.05, 4.69) is 37.6 Å². The molecule has 1 aliphatic carbocycles. The maximum Gasteiger partial charge on any atom is 0.413 e. The van der Waals surface area contributed by atoms with Gasteiger partial charge in [-0.25, -0.2) is 9.48 Å². The molecule has 1 saturated carbocycles. The molecule has 3 rings (SSSR count). The van der Waals surface area contributed by atoms with Crippen LogP contribution in [0.3, 0.4) is 0 Å². The van der Waals surface area contributed by atoms with Crippen LogP contribution in [0.5, 0.6) is 0 Å². The van der Waals surface area contributed by atoms with E-state index in [-0.39, 0.29) is 28.9 Å². The van der Waals surface area contributed by atoms with Crippen LogP contribution in [0.15, 0.2) is 46.2 Å². The number of aryl methyl sites for hydroxylation is 1. The Morgan fingerprint density at radius 1 is 1.34 bits per heavy atom. The fourth-order valence-corrected chi connectivity index (χ4v) is 3.70. The van der Waals surface area contributed by atoms with Crippen LogP contribution in [-0.2, 0) is 21.3 Å². The summed E-state index contributed by atoms with van der Waals surface area (Å²) >= 11 is 6.07. The van der Waals surface area contributed by atoms with Gasteiger partial charge in [-0.05, 0) is 45.5 Å². The Hall–Kier alpha value is -3.57. The Labute approximate surface area is 208 Å². The summed E-state index contributed by atoms with van der Waals surface area (Å²) in [5, 5.41) is 13.7. The van der Waals surface area contributed by atoms with Crippen LogP contribution in [0, 0.1) is 5.92 Å². The van der Waals surface area contributed by atoms with E-state index in [9.17, 15) is 9.59 Å². The van der Waals surface area contributed by atoms with Crippen LogP contribution in [0.2, 0.25) is 0 Å². The molecule has 0 saturated heterocycles. The lowest BCUT2D eigenvalue weighted by atomic mass is 9.81.